The molecule has 0 N–H and O–H groups in total. The molecule has 0 aliphatic heterocycles. The van der Waals surface area contributed by atoms with Crippen LogP contribution in [0, 0.1) is 17.0 Å². The van der Waals surface area contributed by atoms with Gasteiger partial charge in [-0.1, -0.05) is 28.1 Å². The molecule has 7 heteroatoms. The van der Waals surface area contributed by atoms with E-state index in [1.165, 1.54) is 16.7 Å². The second-order valence-electron chi connectivity index (χ2n) is 4.75. The van der Waals surface area contributed by atoms with Crippen LogP contribution in [-0.2, 0) is 6.54 Å². The number of ketones is 1. The first kappa shape index (κ1) is 16.1. The zero-order valence-corrected chi connectivity index (χ0v) is 13.4. The molecule has 0 aliphatic carbocycles. The van der Waals surface area contributed by atoms with E-state index in [1.54, 1.807) is 31.2 Å². The summed E-state index contributed by atoms with van der Waals surface area (Å²) in [4.78, 5) is 34.2. The van der Waals surface area contributed by atoms with Gasteiger partial charge in [-0.25, -0.2) is 0 Å². The van der Waals surface area contributed by atoms with E-state index >= 15 is 0 Å². The van der Waals surface area contributed by atoms with Crippen molar-refractivity contribution < 1.29 is 9.72 Å². The number of nitro groups is 1. The highest BCUT2D eigenvalue weighted by Crippen LogP contribution is 2.13. The molecule has 114 valence electrons. The van der Waals surface area contributed by atoms with Crippen molar-refractivity contribution in [3.05, 3.63) is 72.6 Å². The molecule has 6 nitrogen and oxygen atoms in total. The molecule has 1 aromatic heterocycles. The highest BCUT2D eigenvalue weighted by molar-refractivity contribution is 9.10. The lowest BCUT2D eigenvalue weighted by molar-refractivity contribution is -0.386. The number of carbonyl (C=O) groups excluding carboxylic acids is 1. The number of aromatic nitrogens is 1. The van der Waals surface area contributed by atoms with Crippen molar-refractivity contribution in [2.24, 2.45) is 0 Å². The van der Waals surface area contributed by atoms with Gasteiger partial charge >= 0.3 is 11.2 Å². The number of aryl methyl sites for hydroxylation is 1. The lowest BCUT2D eigenvalue weighted by Gasteiger charge is -2.09. The van der Waals surface area contributed by atoms with E-state index in [0.717, 1.165) is 4.47 Å². The molecular formula is C15H13BrN2O4. The van der Waals surface area contributed by atoms with Crippen LogP contribution in [-0.4, -0.2) is 15.3 Å². The summed E-state index contributed by atoms with van der Waals surface area (Å²) >= 11 is 3.29. The highest BCUT2D eigenvalue weighted by atomic mass is 79.9. The minimum Gasteiger partial charge on any atom is -0.307 e. The largest absolute Gasteiger partial charge is 0.334 e. The van der Waals surface area contributed by atoms with Crippen LogP contribution in [0.2, 0.25) is 0 Å². The van der Waals surface area contributed by atoms with E-state index in [4.69, 9.17) is 0 Å². The summed E-state index contributed by atoms with van der Waals surface area (Å²) in [6.45, 7) is 1.79. The number of nitrogens with zero attached hydrogens (tertiary/aromatic N) is 2. The van der Waals surface area contributed by atoms with Crippen molar-refractivity contribution >= 4 is 27.4 Å². The molecule has 0 fully saturated rings. The zero-order chi connectivity index (χ0) is 16.3. The molecule has 1 heterocycles. The molecule has 0 amide bonds. The van der Waals surface area contributed by atoms with Crippen LogP contribution in [0.3, 0.4) is 0 Å². The standard InChI is InChI=1S/C15H13BrN2O4/c1-10-2-7-13(18(21)22)15(20)17(10)9-8-14(19)11-3-5-12(16)6-4-11/h2-7H,8-9H2,1H3. The maximum Gasteiger partial charge on any atom is 0.334 e. The van der Waals surface area contributed by atoms with Gasteiger partial charge in [-0.15, -0.1) is 0 Å². The Morgan fingerprint density at radius 1 is 1.23 bits per heavy atom. The molecule has 0 bridgehead atoms. The minimum absolute atomic E-state index is 0.101. The number of pyridine rings is 1. The molecule has 0 radical (unpaired) electrons. The third kappa shape index (κ3) is 3.48. The monoisotopic (exact) mass is 364 g/mol. The number of halogens is 1. The Bertz CT molecular complexity index is 781. The molecule has 0 saturated carbocycles. The fourth-order valence-corrected chi connectivity index (χ4v) is 2.33. The Balaban J connectivity index is 2.19. The van der Waals surface area contributed by atoms with Gasteiger partial charge in [0.2, 0.25) is 0 Å². The van der Waals surface area contributed by atoms with Crippen LogP contribution in [0.15, 0.2) is 45.7 Å². The average Bonchev–Trinajstić information content (AvgIpc) is 2.47. The Morgan fingerprint density at radius 2 is 1.86 bits per heavy atom. The Labute approximate surface area is 134 Å². The molecule has 0 atom stereocenters. The van der Waals surface area contributed by atoms with E-state index in [1.807, 2.05) is 0 Å². The van der Waals surface area contributed by atoms with Crippen LogP contribution in [0.25, 0.3) is 0 Å². The summed E-state index contributed by atoms with van der Waals surface area (Å²) in [7, 11) is 0. The Hall–Kier alpha value is -2.28. The van der Waals surface area contributed by atoms with Gasteiger partial charge < -0.3 is 4.57 Å². The van der Waals surface area contributed by atoms with Crippen molar-refractivity contribution in [1.29, 1.82) is 0 Å². The van der Waals surface area contributed by atoms with Crippen molar-refractivity contribution in [3.63, 3.8) is 0 Å². The molecule has 2 rings (SSSR count). The SMILES string of the molecule is Cc1ccc([N+](=O)[O-])c(=O)n1CCC(=O)c1ccc(Br)cc1. The quantitative estimate of drug-likeness (QED) is 0.463. The molecule has 0 aliphatic rings. The van der Waals surface area contributed by atoms with Gasteiger partial charge in [0.05, 0.1) is 4.92 Å². The molecule has 0 saturated heterocycles. The molecule has 2 aromatic rings. The van der Waals surface area contributed by atoms with Gasteiger partial charge in [-0.05, 0) is 25.1 Å². The van der Waals surface area contributed by atoms with E-state index in [2.05, 4.69) is 15.9 Å². The lowest BCUT2D eigenvalue weighted by Crippen LogP contribution is -2.25. The van der Waals surface area contributed by atoms with Crippen LogP contribution in [0.5, 0.6) is 0 Å². The number of hydrogen-bond donors (Lipinski definition) is 0. The second kappa shape index (κ2) is 6.65. The summed E-state index contributed by atoms with van der Waals surface area (Å²) in [6, 6.07) is 9.59. The highest BCUT2D eigenvalue weighted by Gasteiger charge is 2.16. The fraction of sp³-hybridized carbons (Fsp3) is 0.200. The summed E-state index contributed by atoms with van der Waals surface area (Å²) in [5, 5.41) is 10.8. The van der Waals surface area contributed by atoms with Crippen molar-refractivity contribution in [1.82, 2.24) is 4.57 Å². The Kier molecular flexibility index (Phi) is 4.87. The predicted octanol–water partition coefficient (Wildman–Crippen LogP) is 3.10. The molecule has 0 unspecified atom stereocenters. The van der Waals surface area contributed by atoms with Crippen LogP contribution >= 0.6 is 15.9 Å². The lowest BCUT2D eigenvalue weighted by atomic mass is 10.1. The molecule has 0 spiro atoms. The van der Waals surface area contributed by atoms with Crippen LogP contribution < -0.4 is 5.56 Å². The first-order valence-electron chi connectivity index (χ1n) is 6.54. The van der Waals surface area contributed by atoms with Crippen molar-refractivity contribution in [2.45, 2.75) is 19.9 Å². The third-order valence-corrected chi connectivity index (χ3v) is 3.83. The predicted molar refractivity (Wildman–Crippen MR) is 85.2 cm³/mol. The Morgan fingerprint density at radius 3 is 2.45 bits per heavy atom. The number of hydrogen-bond acceptors (Lipinski definition) is 4. The number of carbonyl (C=O) groups is 1. The summed E-state index contributed by atoms with van der Waals surface area (Å²) < 4.78 is 2.13. The van der Waals surface area contributed by atoms with Gasteiger partial charge in [0.25, 0.3) is 0 Å². The van der Waals surface area contributed by atoms with E-state index in [-0.39, 0.29) is 18.7 Å². The molecular weight excluding hydrogens is 352 g/mol. The first-order valence-corrected chi connectivity index (χ1v) is 7.33. The van der Waals surface area contributed by atoms with E-state index in [9.17, 15) is 19.7 Å². The summed E-state index contributed by atoms with van der Waals surface area (Å²) in [5.41, 5.74) is -0.0474. The normalized spacial score (nSPS) is 10.5. The fourth-order valence-electron chi connectivity index (χ4n) is 2.07. The first-order chi connectivity index (χ1) is 10.4. The molecule has 22 heavy (non-hydrogen) atoms. The average molecular weight is 365 g/mol. The van der Waals surface area contributed by atoms with Crippen LogP contribution in [0.4, 0.5) is 5.69 Å². The van der Waals surface area contributed by atoms with Gasteiger partial charge in [0.15, 0.2) is 5.78 Å². The number of Topliss-reactive ketones (excluding diaryl/α,β-unsaturated/α-hetero) is 1. The molecule has 1 aromatic carbocycles. The topological polar surface area (TPSA) is 82.2 Å². The van der Waals surface area contributed by atoms with Gasteiger partial charge in [0.1, 0.15) is 0 Å². The van der Waals surface area contributed by atoms with E-state index in [0.29, 0.717) is 11.3 Å². The summed E-state index contributed by atoms with van der Waals surface area (Å²) in [6.07, 6.45) is 0.101. The maximum atomic E-state index is 12.1. The van der Waals surface area contributed by atoms with Crippen LogP contribution in [0.1, 0.15) is 22.5 Å². The number of benzene rings is 1. The third-order valence-electron chi connectivity index (χ3n) is 3.30. The van der Waals surface area contributed by atoms with Gasteiger partial charge in [-0.3, -0.25) is 19.7 Å². The van der Waals surface area contributed by atoms with Crippen molar-refractivity contribution in [2.75, 3.05) is 0 Å². The maximum absolute atomic E-state index is 12.1. The number of rotatable bonds is 5. The second-order valence-corrected chi connectivity index (χ2v) is 5.67. The van der Waals surface area contributed by atoms with Crippen molar-refractivity contribution in [3.8, 4) is 0 Å². The zero-order valence-electron chi connectivity index (χ0n) is 11.8. The van der Waals surface area contributed by atoms with Gasteiger partial charge in [-0.2, -0.15) is 0 Å². The smallest absolute Gasteiger partial charge is 0.307 e. The van der Waals surface area contributed by atoms with Gasteiger partial charge in [0, 0.05) is 34.8 Å². The summed E-state index contributed by atoms with van der Waals surface area (Å²) in [5.74, 6) is -0.120. The van der Waals surface area contributed by atoms with E-state index < -0.39 is 16.2 Å². The minimum atomic E-state index is -0.713.